The van der Waals surface area contributed by atoms with Gasteiger partial charge >= 0.3 is 0 Å². The summed E-state index contributed by atoms with van der Waals surface area (Å²) in [5.41, 5.74) is 10.4. The van der Waals surface area contributed by atoms with E-state index in [-0.39, 0.29) is 11.8 Å². The van der Waals surface area contributed by atoms with Gasteiger partial charge in [-0.2, -0.15) is 0 Å². The molecule has 33 heavy (non-hydrogen) atoms. The van der Waals surface area contributed by atoms with Crippen LogP contribution in [0.3, 0.4) is 0 Å². The third-order valence-electron chi connectivity index (χ3n) is 5.70. The summed E-state index contributed by atoms with van der Waals surface area (Å²) in [6, 6.07) is 13.5. The Hall–Kier alpha value is -3.27. The van der Waals surface area contributed by atoms with E-state index >= 15 is 0 Å². The van der Waals surface area contributed by atoms with E-state index in [1.807, 2.05) is 36.4 Å². The molecule has 3 atom stereocenters. The molecule has 2 aromatic carbocycles. The number of nitrogens with one attached hydrogen (secondary N) is 4. The number of carbonyl (C=O) groups is 3. The summed E-state index contributed by atoms with van der Waals surface area (Å²) < 4.78 is 0. The lowest BCUT2D eigenvalue weighted by molar-refractivity contribution is -0.131. The summed E-state index contributed by atoms with van der Waals surface area (Å²) in [4.78, 5) is 36.1. The number of hydroxylamine groups is 1. The first-order valence-electron chi connectivity index (χ1n) is 11.0. The molecule has 9 heteroatoms. The highest BCUT2D eigenvalue weighted by molar-refractivity contribution is 5.97. The molecule has 1 saturated carbocycles. The van der Waals surface area contributed by atoms with Crippen molar-refractivity contribution in [3.05, 3.63) is 65.2 Å². The molecule has 0 saturated heterocycles. The van der Waals surface area contributed by atoms with Crippen LogP contribution in [0, 0.1) is 0 Å². The lowest BCUT2D eigenvalue weighted by Crippen LogP contribution is -2.54. The maximum Gasteiger partial charge on any atom is 0.267 e. The molecule has 2 aromatic rings. The highest BCUT2D eigenvalue weighted by atomic mass is 16.5. The minimum absolute atomic E-state index is 0.0562. The van der Waals surface area contributed by atoms with Crippen LogP contribution < -0.4 is 27.2 Å². The normalized spacial score (nSPS) is 15.8. The Balaban J connectivity index is 1.58. The van der Waals surface area contributed by atoms with Gasteiger partial charge in [0.15, 0.2) is 0 Å². The second-order valence-electron chi connectivity index (χ2n) is 8.46. The van der Waals surface area contributed by atoms with Gasteiger partial charge in [-0.05, 0) is 55.2 Å². The molecule has 0 heterocycles. The molecule has 0 radical (unpaired) electrons. The Morgan fingerprint density at radius 3 is 2.09 bits per heavy atom. The van der Waals surface area contributed by atoms with Crippen LogP contribution in [0.15, 0.2) is 48.5 Å². The monoisotopic (exact) mass is 453 g/mol. The lowest BCUT2D eigenvalue weighted by atomic mass is 9.92. The van der Waals surface area contributed by atoms with Gasteiger partial charge in [0.2, 0.25) is 5.91 Å². The Morgan fingerprint density at radius 1 is 1.00 bits per heavy atom. The van der Waals surface area contributed by atoms with Crippen molar-refractivity contribution in [2.45, 2.75) is 50.7 Å². The summed E-state index contributed by atoms with van der Waals surface area (Å²) in [6.45, 7) is 3.94. The Bertz CT molecular complexity index is 971. The second-order valence-corrected chi connectivity index (χ2v) is 8.46. The number of hydrogen-bond donors (Lipinski definition) is 6. The smallest absolute Gasteiger partial charge is 0.267 e. The number of hydrogen-bond acceptors (Lipinski definition) is 6. The molecule has 3 amide bonds. The summed E-state index contributed by atoms with van der Waals surface area (Å²) in [7, 11) is 0. The molecule has 1 aliphatic rings. The van der Waals surface area contributed by atoms with Gasteiger partial charge in [0.1, 0.15) is 6.04 Å². The maximum atomic E-state index is 12.5. The number of carbonyl (C=O) groups excluding carboxylic acids is 3. The van der Waals surface area contributed by atoms with Crippen LogP contribution in [-0.2, 0) is 9.59 Å². The number of anilines is 1. The minimum atomic E-state index is -1.05. The first kappa shape index (κ1) is 24.4. The van der Waals surface area contributed by atoms with Crippen LogP contribution in [0.4, 0.5) is 5.69 Å². The third kappa shape index (κ3) is 6.85. The van der Waals surface area contributed by atoms with Gasteiger partial charge in [0.25, 0.3) is 11.8 Å². The molecule has 0 spiro atoms. The molecule has 0 aromatic heterocycles. The molecular weight excluding hydrogens is 422 g/mol. The first-order chi connectivity index (χ1) is 15.8. The third-order valence-corrected chi connectivity index (χ3v) is 5.70. The van der Waals surface area contributed by atoms with Crippen molar-refractivity contribution in [3.8, 4) is 0 Å². The molecule has 0 bridgehead atoms. The van der Waals surface area contributed by atoms with Crippen molar-refractivity contribution in [1.29, 1.82) is 0 Å². The standard InChI is InChI=1S/C24H31N5O4/c1-14(17-7-9-20(10-8-17)27-21(30)13-26-19-11-12-19)16-3-5-18(6-4-16)23(31)28-22(15(2)25)24(32)29-33/h3-10,14-15,19,22,26,33H,11-13,25H2,1-2H3,(H,27,30)(H,28,31)(H,29,32)/t14?,15-,22+/m1/s1. The van der Waals surface area contributed by atoms with Gasteiger partial charge < -0.3 is 21.7 Å². The molecular formula is C24H31N5O4. The topological polar surface area (TPSA) is 146 Å². The Morgan fingerprint density at radius 2 is 1.58 bits per heavy atom. The number of nitrogens with two attached hydrogens (primary N) is 1. The van der Waals surface area contributed by atoms with Gasteiger partial charge in [0.05, 0.1) is 6.54 Å². The highest BCUT2D eigenvalue weighted by Crippen LogP contribution is 2.25. The summed E-state index contributed by atoms with van der Waals surface area (Å²) >= 11 is 0. The minimum Gasteiger partial charge on any atom is -0.339 e. The molecule has 0 aliphatic heterocycles. The van der Waals surface area contributed by atoms with E-state index in [0.29, 0.717) is 18.2 Å². The number of benzene rings is 2. The van der Waals surface area contributed by atoms with Crippen molar-refractivity contribution in [1.82, 2.24) is 16.1 Å². The van der Waals surface area contributed by atoms with Crippen molar-refractivity contribution >= 4 is 23.4 Å². The van der Waals surface area contributed by atoms with E-state index < -0.39 is 23.9 Å². The first-order valence-corrected chi connectivity index (χ1v) is 11.0. The van der Waals surface area contributed by atoms with Crippen LogP contribution in [0.25, 0.3) is 0 Å². The highest BCUT2D eigenvalue weighted by Gasteiger charge is 2.25. The van der Waals surface area contributed by atoms with Gasteiger partial charge in [-0.1, -0.05) is 31.2 Å². The van der Waals surface area contributed by atoms with Crippen LogP contribution in [0.1, 0.15) is 54.1 Å². The average Bonchev–Trinajstić information content (AvgIpc) is 3.65. The van der Waals surface area contributed by atoms with Crippen molar-refractivity contribution < 1.29 is 19.6 Å². The Kier molecular flexibility index (Phi) is 8.16. The van der Waals surface area contributed by atoms with Crippen LogP contribution in [0.2, 0.25) is 0 Å². The zero-order chi connectivity index (χ0) is 24.0. The largest absolute Gasteiger partial charge is 0.339 e. The van der Waals surface area contributed by atoms with Gasteiger partial charge in [-0.3, -0.25) is 19.6 Å². The SMILES string of the molecule is CC(c1ccc(NC(=O)CNC2CC2)cc1)c1ccc(C(=O)N[C@H](C(=O)NO)[C@@H](C)N)cc1. The zero-order valence-corrected chi connectivity index (χ0v) is 18.8. The fourth-order valence-electron chi connectivity index (χ4n) is 3.43. The molecule has 1 fully saturated rings. The van der Waals surface area contributed by atoms with Gasteiger partial charge in [0, 0.05) is 29.3 Å². The lowest BCUT2D eigenvalue weighted by Gasteiger charge is -2.20. The average molecular weight is 454 g/mol. The molecule has 9 nitrogen and oxygen atoms in total. The van der Waals surface area contributed by atoms with Crippen LogP contribution >= 0.6 is 0 Å². The summed E-state index contributed by atoms with van der Waals surface area (Å²) in [6.07, 6.45) is 2.28. The predicted molar refractivity (Wildman–Crippen MR) is 125 cm³/mol. The van der Waals surface area contributed by atoms with E-state index in [1.165, 1.54) is 5.48 Å². The van der Waals surface area contributed by atoms with Crippen molar-refractivity contribution in [2.24, 2.45) is 5.73 Å². The van der Waals surface area contributed by atoms with E-state index in [4.69, 9.17) is 10.9 Å². The van der Waals surface area contributed by atoms with Crippen LogP contribution in [-0.4, -0.2) is 47.6 Å². The Labute approximate surface area is 193 Å². The fourth-order valence-corrected chi connectivity index (χ4v) is 3.43. The van der Waals surface area contributed by atoms with Crippen molar-refractivity contribution in [2.75, 3.05) is 11.9 Å². The number of amides is 3. The summed E-state index contributed by atoms with van der Waals surface area (Å²) in [5.74, 6) is -1.22. The maximum absolute atomic E-state index is 12.5. The molecule has 7 N–H and O–H groups in total. The van der Waals surface area contributed by atoms with E-state index in [1.54, 1.807) is 19.1 Å². The second kappa shape index (κ2) is 11.0. The zero-order valence-electron chi connectivity index (χ0n) is 18.8. The summed E-state index contributed by atoms with van der Waals surface area (Å²) in [5, 5.41) is 17.4. The molecule has 1 unspecified atom stereocenters. The van der Waals surface area contributed by atoms with Gasteiger partial charge in [-0.25, -0.2) is 5.48 Å². The fraction of sp³-hybridized carbons (Fsp3) is 0.375. The number of rotatable bonds is 10. The van der Waals surface area contributed by atoms with E-state index in [2.05, 4.69) is 22.9 Å². The van der Waals surface area contributed by atoms with Crippen LogP contribution in [0.5, 0.6) is 0 Å². The van der Waals surface area contributed by atoms with Gasteiger partial charge in [-0.15, -0.1) is 0 Å². The quantitative estimate of drug-likeness (QED) is 0.237. The van der Waals surface area contributed by atoms with E-state index in [0.717, 1.165) is 29.7 Å². The molecule has 3 rings (SSSR count). The molecule has 176 valence electrons. The van der Waals surface area contributed by atoms with Crippen molar-refractivity contribution in [3.63, 3.8) is 0 Å². The predicted octanol–water partition coefficient (Wildman–Crippen LogP) is 1.48. The van der Waals surface area contributed by atoms with E-state index in [9.17, 15) is 14.4 Å². The molecule has 1 aliphatic carbocycles.